The number of benzene rings is 1. The molecule has 0 bridgehead atoms. The fourth-order valence-electron chi connectivity index (χ4n) is 2.90. The van der Waals surface area contributed by atoms with Crippen molar-refractivity contribution in [1.82, 2.24) is 9.88 Å². The van der Waals surface area contributed by atoms with Gasteiger partial charge in [0.15, 0.2) is 0 Å². The molecular weight excluding hydrogens is 382 g/mol. The average molecular weight is 404 g/mol. The van der Waals surface area contributed by atoms with E-state index in [4.69, 9.17) is 4.74 Å². The second-order valence-electron chi connectivity index (χ2n) is 5.96. The molecule has 0 atom stereocenters. The predicted molar refractivity (Wildman–Crippen MR) is 102 cm³/mol. The molecule has 0 spiro atoms. The van der Waals surface area contributed by atoms with Gasteiger partial charge in [0.1, 0.15) is 11.6 Å². The van der Waals surface area contributed by atoms with Gasteiger partial charge in [-0.1, -0.05) is 12.1 Å². The van der Waals surface area contributed by atoms with E-state index >= 15 is 0 Å². The lowest BCUT2D eigenvalue weighted by molar-refractivity contribution is -0.130. The SMILES string of the molecule is CCOc1ccc(CC(=O)N2CCN(c3ccc(Br)cn3)CC2)cc1. The highest BCUT2D eigenvalue weighted by Crippen LogP contribution is 2.17. The molecule has 0 radical (unpaired) electrons. The summed E-state index contributed by atoms with van der Waals surface area (Å²) in [6.45, 7) is 5.69. The molecule has 0 unspecified atom stereocenters. The van der Waals surface area contributed by atoms with Crippen LogP contribution < -0.4 is 9.64 Å². The van der Waals surface area contributed by atoms with E-state index < -0.39 is 0 Å². The molecule has 0 N–H and O–H groups in total. The van der Waals surface area contributed by atoms with Gasteiger partial charge in [-0.05, 0) is 52.7 Å². The molecule has 1 aromatic carbocycles. The highest BCUT2D eigenvalue weighted by Gasteiger charge is 2.21. The number of piperazine rings is 1. The molecule has 25 heavy (non-hydrogen) atoms. The van der Waals surface area contributed by atoms with Gasteiger partial charge in [0.2, 0.25) is 5.91 Å². The number of pyridine rings is 1. The number of hydrogen-bond donors (Lipinski definition) is 0. The highest BCUT2D eigenvalue weighted by atomic mass is 79.9. The summed E-state index contributed by atoms with van der Waals surface area (Å²) >= 11 is 3.40. The maximum Gasteiger partial charge on any atom is 0.227 e. The molecule has 0 saturated carbocycles. The zero-order valence-electron chi connectivity index (χ0n) is 14.3. The summed E-state index contributed by atoms with van der Waals surface area (Å²) in [5.41, 5.74) is 1.02. The van der Waals surface area contributed by atoms with Gasteiger partial charge in [-0.3, -0.25) is 4.79 Å². The van der Waals surface area contributed by atoms with Crippen molar-refractivity contribution in [2.24, 2.45) is 0 Å². The first kappa shape index (κ1) is 17.7. The van der Waals surface area contributed by atoms with E-state index in [2.05, 4.69) is 25.8 Å². The second kappa shape index (κ2) is 8.34. The van der Waals surface area contributed by atoms with Crippen LogP contribution >= 0.6 is 15.9 Å². The van der Waals surface area contributed by atoms with Gasteiger partial charge < -0.3 is 14.5 Å². The van der Waals surface area contributed by atoms with Crippen LogP contribution in [-0.2, 0) is 11.2 Å². The first-order valence-corrected chi connectivity index (χ1v) is 9.31. The van der Waals surface area contributed by atoms with E-state index in [0.717, 1.165) is 47.8 Å². The van der Waals surface area contributed by atoms with Crippen molar-refractivity contribution in [3.05, 3.63) is 52.6 Å². The third-order valence-electron chi connectivity index (χ3n) is 4.26. The minimum Gasteiger partial charge on any atom is -0.494 e. The summed E-state index contributed by atoms with van der Waals surface area (Å²) in [4.78, 5) is 21.1. The summed E-state index contributed by atoms with van der Waals surface area (Å²) in [5, 5.41) is 0. The third kappa shape index (κ3) is 4.72. The average Bonchev–Trinajstić information content (AvgIpc) is 2.64. The van der Waals surface area contributed by atoms with Crippen LogP contribution in [0.25, 0.3) is 0 Å². The standard InChI is InChI=1S/C19H22BrN3O2/c1-2-25-17-6-3-15(4-7-17)13-19(24)23-11-9-22(10-12-23)18-8-5-16(20)14-21-18/h3-8,14H,2,9-13H2,1H3. The maximum atomic E-state index is 12.5. The van der Waals surface area contributed by atoms with Gasteiger partial charge in [0.25, 0.3) is 0 Å². The van der Waals surface area contributed by atoms with Crippen LogP contribution in [-0.4, -0.2) is 48.6 Å². The Kier molecular flexibility index (Phi) is 5.91. The highest BCUT2D eigenvalue weighted by molar-refractivity contribution is 9.10. The predicted octanol–water partition coefficient (Wildman–Crippen LogP) is 3.13. The molecule has 5 nitrogen and oxygen atoms in total. The molecule has 2 aromatic rings. The lowest BCUT2D eigenvalue weighted by atomic mass is 10.1. The number of amides is 1. The largest absolute Gasteiger partial charge is 0.494 e. The lowest BCUT2D eigenvalue weighted by Gasteiger charge is -2.35. The molecule has 1 aliphatic rings. The van der Waals surface area contributed by atoms with Gasteiger partial charge in [0, 0.05) is 36.8 Å². The Morgan fingerprint density at radius 2 is 1.84 bits per heavy atom. The summed E-state index contributed by atoms with van der Waals surface area (Å²) in [7, 11) is 0. The number of anilines is 1. The quantitative estimate of drug-likeness (QED) is 0.768. The number of rotatable bonds is 5. The van der Waals surface area contributed by atoms with Crippen LogP contribution in [0.15, 0.2) is 47.1 Å². The fourth-order valence-corrected chi connectivity index (χ4v) is 3.13. The van der Waals surface area contributed by atoms with E-state index in [9.17, 15) is 4.79 Å². The van der Waals surface area contributed by atoms with Crippen molar-refractivity contribution < 1.29 is 9.53 Å². The number of nitrogens with zero attached hydrogens (tertiary/aromatic N) is 3. The Bertz CT molecular complexity index is 696. The third-order valence-corrected chi connectivity index (χ3v) is 4.73. The van der Waals surface area contributed by atoms with E-state index in [-0.39, 0.29) is 5.91 Å². The van der Waals surface area contributed by atoms with E-state index in [0.29, 0.717) is 13.0 Å². The van der Waals surface area contributed by atoms with Crippen molar-refractivity contribution in [3.8, 4) is 5.75 Å². The molecule has 1 fully saturated rings. The lowest BCUT2D eigenvalue weighted by Crippen LogP contribution is -2.49. The number of hydrogen-bond acceptors (Lipinski definition) is 4. The summed E-state index contributed by atoms with van der Waals surface area (Å²) in [6.07, 6.45) is 2.24. The van der Waals surface area contributed by atoms with Gasteiger partial charge in [-0.2, -0.15) is 0 Å². The van der Waals surface area contributed by atoms with Crippen molar-refractivity contribution in [2.45, 2.75) is 13.3 Å². The van der Waals surface area contributed by atoms with Gasteiger partial charge in [0.05, 0.1) is 13.0 Å². The monoisotopic (exact) mass is 403 g/mol. The number of aromatic nitrogens is 1. The summed E-state index contributed by atoms with van der Waals surface area (Å²) in [5.74, 6) is 1.98. The molecule has 2 heterocycles. The Morgan fingerprint density at radius 3 is 2.44 bits per heavy atom. The number of carbonyl (C=O) groups is 1. The minimum absolute atomic E-state index is 0.174. The van der Waals surface area contributed by atoms with Crippen LogP contribution in [0.3, 0.4) is 0 Å². The number of carbonyl (C=O) groups excluding carboxylic acids is 1. The van der Waals surface area contributed by atoms with Crippen LogP contribution in [0.5, 0.6) is 5.75 Å². The molecule has 1 aromatic heterocycles. The number of ether oxygens (including phenoxy) is 1. The maximum absolute atomic E-state index is 12.5. The van der Waals surface area contributed by atoms with Gasteiger partial charge in [-0.25, -0.2) is 4.98 Å². The fraction of sp³-hybridized carbons (Fsp3) is 0.368. The van der Waals surface area contributed by atoms with E-state index in [1.54, 1.807) is 6.20 Å². The van der Waals surface area contributed by atoms with Gasteiger partial charge in [-0.15, -0.1) is 0 Å². The zero-order chi connectivity index (χ0) is 17.6. The zero-order valence-corrected chi connectivity index (χ0v) is 15.9. The van der Waals surface area contributed by atoms with E-state index in [1.807, 2.05) is 48.2 Å². The topological polar surface area (TPSA) is 45.7 Å². The summed E-state index contributed by atoms with van der Waals surface area (Å²) in [6, 6.07) is 11.8. The first-order chi connectivity index (χ1) is 12.2. The summed E-state index contributed by atoms with van der Waals surface area (Å²) < 4.78 is 6.41. The smallest absolute Gasteiger partial charge is 0.227 e. The molecule has 1 aliphatic heterocycles. The first-order valence-electron chi connectivity index (χ1n) is 8.51. The Morgan fingerprint density at radius 1 is 1.12 bits per heavy atom. The normalized spacial score (nSPS) is 14.5. The Labute approximate surface area is 156 Å². The van der Waals surface area contributed by atoms with Crippen LogP contribution in [0, 0.1) is 0 Å². The molecule has 1 amide bonds. The molecule has 1 saturated heterocycles. The molecular formula is C19H22BrN3O2. The van der Waals surface area contributed by atoms with Crippen molar-refractivity contribution in [1.29, 1.82) is 0 Å². The molecule has 132 valence electrons. The molecule has 3 rings (SSSR count). The molecule has 0 aliphatic carbocycles. The number of halogens is 1. The van der Waals surface area contributed by atoms with Crippen LogP contribution in [0.2, 0.25) is 0 Å². The van der Waals surface area contributed by atoms with Crippen LogP contribution in [0.4, 0.5) is 5.82 Å². The van der Waals surface area contributed by atoms with E-state index in [1.165, 1.54) is 0 Å². The van der Waals surface area contributed by atoms with Crippen molar-refractivity contribution in [3.63, 3.8) is 0 Å². The Balaban J connectivity index is 1.51. The van der Waals surface area contributed by atoms with Crippen LogP contribution in [0.1, 0.15) is 12.5 Å². The van der Waals surface area contributed by atoms with Crippen molar-refractivity contribution >= 4 is 27.7 Å². The Hall–Kier alpha value is -2.08. The second-order valence-corrected chi connectivity index (χ2v) is 6.87. The van der Waals surface area contributed by atoms with Gasteiger partial charge >= 0.3 is 0 Å². The minimum atomic E-state index is 0.174. The molecule has 6 heteroatoms. The van der Waals surface area contributed by atoms with Crippen molar-refractivity contribution in [2.75, 3.05) is 37.7 Å².